The molecule has 0 unspecified atom stereocenters. The Morgan fingerprint density at radius 3 is 2.87 bits per heavy atom. The lowest BCUT2D eigenvalue weighted by molar-refractivity contribution is 0.252. The molecule has 1 aliphatic rings. The molecule has 2 amide bonds. The third-order valence-corrected chi connectivity index (χ3v) is 5.70. The van der Waals surface area contributed by atoms with Gasteiger partial charge in [-0.15, -0.1) is 0 Å². The molecule has 2 aromatic heterocycles. The Balaban J connectivity index is 1.44. The van der Waals surface area contributed by atoms with Gasteiger partial charge in [-0.1, -0.05) is 25.3 Å². The zero-order valence-electron chi connectivity index (χ0n) is 17.6. The zero-order chi connectivity index (χ0) is 20.9. The number of carbonyl (C=O) groups is 1. The minimum atomic E-state index is -0.252. The van der Waals surface area contributed by atoms with E-state index >= 15 is 0 Å². The van der Waals surface area contributed by atoms with Gasteiger partial charge in [0.1, 0.15) is 17.1 Å². The Hall–Kier alpha value is -3.09. The van der Waals surface area contributed by atoms with Crippen molar-refractivity contribution in [3.63, 3.8) is 0 Å². The normalized spacial score (nSPS) is 14.6. The molecule has 3 aromatic rings. The van der Waals surface area contributed by atoms with Crippen LogP contribution in [0.15, 0.2) is 36.5 Å². The number of ether oxygens (including phenoxy) is 1. The summed E-state index contributed by atoms with van der Waals surface area (Å²) in [7, 11) is 1.59. The first kappa shape index (κ1) is 20.2. The van der Waals surface area contributed by atoms with Crippen molar-refractivity contribution < 1.29 is 9.53 Å². The van der Waals surface area contributed by atoms with Gasteiger partial charge in [0.05, 0.1) is 12.8 Å². The monoisotopic (exact) mass is 407 g/mol. The van der Waals surface area contributed by atoms with E-state index in [0.717, 1.165) is 35.4 Å². The van der Waals surface area contributed by atoms with Gasteiger partial charge in [0, 0.05) is 25.2 Å². The lowest BCUT2D eigenvalue weighted by atomic mass is 9.95. The lowest BCUT2D eigenvalue weighted by Crippen LogP contribution is -2.31. The molecule has 7 heteroatoms. The number of fused-ring (bicyclic) bond motifs is 1. The van der Waals surface area contributed by atoms with Crippen molar-refractivity contribution >= 4 is 22.9 Å². The number of imidazole rings is 1. The predicted molar refractivity (Wildman–Crippen MR) is 118 cm³/mol. The summed E-state index contributed by atoms with van der Waals surface area (Å²) in [5.41, 5.74) is 3.59. The molecule has 4 rings (SSSR count). The number of carbonyl (C=O) groups excluding carboxylic acids is 1. The second-order valence-electron chi connectivity index (χ2n) is 7.87. The van der Waals surface area contributed by atoms with E-state index in [1.807, 2.05) is 43.5 Å². The fraction of sp³-hybridized carbons (Fsp3) is 0.435. The average molecular weight is 408 g/mol. The summed E-state index contributed by atoms with van der Waals surface area (Å²) in [5.74, 6) is 1.63. The van der Waals surface area contributed by atoms with Crippen molar-refractivity contribution in [2.24, 2.45) is 0 Å². The van der Waals surface area contributed by atoms with E-state index in [0.29, 0.717) is 30.4 Å². The number of hydrogen-bond donors (Lipinski definition) is 2. The van der Waals surface area contributed by atoms with Gasteiger partial charge in [0.2, 0.25) is 0 Å². The highest BCUT2D eigenvalue weighted by atomic mass is 16.5. The number of aromatic nitrogens is 3. The lowest BCUT2D eigenvalue weighted by Gasteiger charge is -2.25. The number of anilines is 1. The fourth-order valence-electron chi connectivity index (χ4n) is 4.25. The molecule has 2 N–H and O–H groups in total. The molecule has 2 heterocycles. The summed E-state index contributed by atoms with van der Waals surface area (Å²) in [5, 5.41) is 5.82. The largest absolute Gasteiger partial charge is 0.495 e. The number of nitrogens with one attached hydrogen (secondary N) is 2. The van der Waals surface area contributed by atoms with Crippen molar-refractivity contribution in [2.45, 2.75) is 51.5 Å². The maximum atomic E-state index is 12.4. The number of hydrogen-bond acceptors (Lipinski definition) is 4. The first-order chi connectivity index (χ1) is 14.7. The summed E-state index contributed by atoms with van der Waals surface area (Å²) in [6.07, 6.45) is 8.60. The van der Waals surface area contributed by atoms with Crippen LogP contribution in [0.4, 0.5) is 10.5 Å². The molecular formula is C23H29N5O2. The van der Waals surface area contributed by atoms with Crippen molar-refractivity contribution in [2.75, 3.05) is 19.0 Å². The minimum Gasteiger partial charge on any atom is -0.495 e. The molecule has 0 aliphatic heterocycles. The van der Waals surface area contributed by atoms with Crippen molar-refractivity contribution in [1.29, 1.82) is 0 Å². The summed E-state index contributed by atoms with van der Waals surface area (Å²) < 4.78 is 7.63. The van der Waals surface area contributed by atoms with Gasteiger partial charge >= 0.3 is 6.03 Å². The van der Waals surface area contributed by atoms with E-state index in [1.165, 1.54) is 19.3 Å². The third kappa shape index (κ3) is 4.40. The summed E-state index contributed by atoms with van der Waals surface area (Å²) in [4.78, 5) is 21.8. The van der Waals surface area contributed by atoms with Crippen LogP contribution in [0.1, 0.15) is 49.5 Å². The second kappa shape index (κ2) is 9.15. The fourth-order valence-corrected chi connectivity index (χ4v) is 4.25. The topological polar surface area (TPSA) is 81.1 Å². The van der Waals surface area contributed by atoms with Crippen molar-refractivity contribution in [3.05, 3.63) is 47.9 Å². The van der Waals surface area contributed by atoms with Gasteiger partial charge in [-0.25, -0.2) is 14.8 Å². The molecule has 1 aliphatic carbocycles. The molecule has 30 heavy (non-hydrogen) atoms. The highest BCUT2D eigenvalue weighted by Gasteiger charge is 2.22. The van der Waals surface area contributed by atoms with E-state index < -0.39 is 0 Å². The van der Waals surface area contributed by atoms with Crippen LogP contribution in [-0.2, 0) is 6.42 Å². The Morgan fingerprint density at radius 2 is 2.07 bits per heavy atom. The van der Waals surface area contributed by atoms with Crippen molar-refractivity contribution in [1.82, 2.24) is 19.9 Å². The third-order valence-electron chi connectivity index (χ3n) is 5.70. The highest BCUT2D eigenvalue weighted by molar-refractivity contribution is 5.91. The Kier molecular flexibility index (Phi) is 6.16. The molecule has 1 aromatic carbocycles. The number of urea groups is 1. The predicted octanol–water partition coefficient (Wildman–Crippen LogP) is 4.62. The van der Waals surface area contributed by atoms with Crippen LogP contribution < -0.4 is 15.4 Å². The molecule has 7 nitrogen and oxygen atoms in total. The quantitative estimate of drug-likeness (QED) is 0.625. The van der Waals surface area contributed by atoms with Gasteiger partial charge < -0.3 is 19.9 Å². The maximum Gasteiger partial charge on any atom is 0.319 e. The van der Waals surface area contributed by atoms with Crippen LogP contribution in [0.2, 0.25) is 0 Å². The van der Waals surface area contributed by atoms with E-state index in [1.54, 1.807) is 7.11 Å². The molecule has 0 spiro atoms. The molecule has 0 atom stereocenters. The van der Waals surface area contributed by atoms with Gasteiger partial charge in [-0.3, -0.25) is 0 Å². The van der Waals surface area contributed by atoms with Crippen molar-refractivity contribution in [3.8, 4) is 5.75 Å². The molecule has 158 valence electrons. The Bertz CT molecular complexity index is 1020. The van der Waals surface area contributed by atoms with Crippen LogP contribution >= 0.6 is 0 Å². The maximum absolute atomic E-state index is 12.4. The van der Waals surface area contributed by atoms with Gasteiger partial charge in [0.25, 0.3) is 0 Å². The van der Waals surface area contributed by atoms with E-state index in [9.17, 15) is 4.79 Å². The molecule has 0 saturated heterocycles. The Labute approximate surface area is 176 Å². The van der Waals surface area contributed by atoms with Gasteiger partial charge in [0.15, 0.2) is 5.65 Å². The summed E-state index contributed by atoms with van der Waals surface area (Å²) in [6, 6.07) is 9.82. The molecule has 1 saturated carbocycles. The number of nitrogens with zero attached hydrogens (tertiary/aromatic N) is 3. The number of benzene rings is 1. The van der Waals surface area contributed by atoms with Gasteiger partial charge in [-0.05, 0) is 49.6 Å². The molecule has 0 bridgehead atoms. The Morgan fingerprint density at radius 1 is 1.23 bits per heavy atom. The van der Waals surface area contributed by atoms with Gasteiger partial charge in [-0.2, -0.15) is 0 Å². The summed E-state index contributed by atoms with van der Waals surface area (Å²) in [6.45, 7) is 2.47. The van der Waals surface area contributed by atoms with Crippen LogP contribution in [0, 0.1) is 6.92 Å². The molecule has 0 radical (unpaired) electrons. The number of methoxy groups -OCH3 is 1. The number of pyridine rings is 1. The van der Waals surface area contributed by atoms with E-state index in [-0.39, 0.29) is 6.03 Å². The summed E-state index contributed by atoms with van der Waals surface area (Å²) >= 11 is 0. The minimum absolute atomic E-state index is 0.252. The van der Waals surface area contributed by atoms with E-state index in [4.69, 9.17) is 9.72 Å². The molecule has 1 fully saturated rings. The van der Waals surface area contributed by atoms with Crippen LogP contribution in [-0.4, -0.2) is 34.2 Å². The van der Waals surface area contributed by atoms with E-state index in [2.05, 4.69) is 20.2 Å². The average Bonchev–Trinajstić information content (AvgIpc) is 3.13. The number of rotatable bonds is 6. The van der Waals surface area contributed by atoms with Crippen LogP contribution in [0.3, 0.4) is 0 Å². The highest BCUT2D eigenvalue weighted by Crippen LogP contribution is 2.32. The molecular weight excluding hydrogens is 378 g/mol. The number of amides is 2. The zero-order valence-corrected chi connectivity index (χ0v) is 17.6. The SMILES string of the molecule is COc1ccc(C)cc1NC(=O)NCCc1nc2cccnc2n1C1CCCCC1. The smallest absolute Gasteiger partial charge is 0.319 e. The standard InChI is InChI=1S/C23H29N5O2/c1-16-10-11-20(30-2)19(15-16)27-23(29)25-14-12-21-26-18-9-6-13-24-22(18)28(21)17-7-4-3-5-8-17/h6,9-11,13,15,17H,3-5,7-8,12,14H2,1-2H3,(H2,25,27,29). The van der Waals surface area contributed by atoms with Crippen LogP contribution in [0.25, 0.3) is 11.2 Å². The second-order valence-corrected chi connectivity index (χ2v) is 7.87. The number of aryl methyl sites for hydroxylation is 1. The van der Waals surface area contributed by atoms with Crippen LogP contribution in [0.5, 0.6) is 5.75 Å². The first-order valence-corrected chi connectivity index (χ1v) is 10.7. The first-order valence-electron chi connectivity index (χ1n) is 10.7.